The van der Waals surface area contributed by atoms with E-state index in [1.807, 2.05) is 12.3 Å². The molecule has 1 saturated heterocycles. The zero-order valence-electron chi connectivity index (χ0n) is 6.45. The van der Waals surface area contributed by atoms with Crippen molar-refractivity contribution in [2.75, 3.05) is 6.61 Å². The molecule has 3 heteroatoms. The van der Waals surface area contributed by atoms with E-state index < -0.39 is 0 Å². The molecular weight excluding hydrogens is 152 g/mol. The average Bonchev–Trinajstić information content (AvgIpc) is 2.86. The van der Waals surface area contributed by atoms with Gasteiger partial charge in [0.15, 0.2) is 0 Å². The fraction of sp³-hybridized carbons (Fsp3) is 0.222. The van der Waals surface area contributed by atoms with Crippen LogP contribution in [0.1, 0.15) is 11.7 Å². The number of fused-ring (bicyclic) bond motifs is 1. The van der Waals surface area contributed by atoms with Gasteiger partial charge in [-0.25, -0.2) is 4.98 Å². The largest absolute Gasteiger partial charge is 0.368 e. The molecule has 1 aliphatic rings. The first-order valence-electron chi connectivity index (χ1n) is 3.99. The molecule has 60 valence electrons. The third-order valence-corrected chi connectivity index (χ3v) is 2.16. The van der Waals surface area contributed by atoms with Gasteiger partial charge in [0.1, 0.15) is 11.8 Å². The van der Waals surface area contributed by atoms with Crippen molar-refractivity contribution >= 4 is 11.0 Å². The number of pyridine rings is 1. The third kappa shape index (κ3) is 0.769. The van der Waals surface area contributed by atoms with Crippen LogP contribution in [0.25, 0.3) is 11.0 Å². The Kier molecular flexibility index (Phi) is 1.07. The SMILES string of the molecule is c1cnc2[nH]cc([C@H]3CO3)c2c1. The number of rotatable bonds is 1. The Morgan fingerprint density at radius 2 is 2.50 bits per heavy atom. The van der Waals surface area contributed by atoms with Gasteiger partial charge in [-0.2, -0.15) is 0 Å². The summed E-state index contributed by atoms with van der Waals surface area (Å²) < 4.78 is 5.21. The molecule has 0 saturated carbocycles. The fourth-order valence-corrected chi connectivity index (χ4v) is 1.47. The molecule has 3 rings (SSSR count). The Balaban J connectivity index is 2.30. The van der Waals surface area contributed by atoms with Crippen molar-refractivity contribution in [3.05, 3.63) is 30.1 Å². The molecule has 12 heavy (non-hydrogen) atoms. The minimum atomic E-state index is 0.308. The molecular formula is C9H8N2O. The maximum atomic E-state index is 5.21. The smallest absolute Gasteiger partial charge is 0.137 e. The van der Waals surface area contributed by atoms with Gasteiger partial charge >= 0.3 is 0 Å². The number of epoxide rings is 1. The van der Waals surface area contributed by atoms with E-state index in [1.54, 1.807) is 6.20 Å². The van der Waals surface area contributed by atoms with Crippen LogP contribution in [0, 0.1) is 0 Å². The zero-order chi connectivity index (χ0) is 7.97. The summed E-state index contributed by atoms with van der Waals surface area (Å²) >= 11 is 0. The highest BCUT2D eigenvalue weighted by Gasteiger charge is 2.27. The standard InChI is InChI=1S/C9H8N2O/c1-2-6-7(8-5-12-8)4-11-9(6)10-3-1/h1-4,8H,5H2,(H,10,11)/t8-/m1/s1. The summed E-state index contributed by atoms with van der Waals surface area (Å²) in [5, 5.41) is 1.18. The molecule has 2 aromatic heterocycles. The highest BCUT2D eigenvalue weighted by Crippen LogP contribution is 2.33. The lowest BCUT2D eigenvalue weighted by atomic mass is 10.2. The van der Waals surface area contributed by atoms with E-state index in [4.69, 9.17) is 4.74 Å². The van der Waals surface area contributed by atoms with E-state index in [9.17, 15) is 0 Å². The summed E-state index contributed by atoms with van der Waals surface area (Å²) in [5.74, 6) is 0. The molecule has 3 nitrogen and oxygen atoms in total. The zero-order valence-corrected chi connectivity index (χ0v) is 6.45. The first-order chi connectivity index (χ1) is 5.95. The Morgan fingerprint density at radius 3 is 3.33 bits per heavy atom. The predicted octanol–water partition coefficient (Wildman–Crippen LogP) is 1.63. The van der Waals surface area contributed by atoms with Crippen molar-refractivity contribution in [2.45, 2.75) is 6.10 Å². The molecule has 0 unspecified atom stereocenters. The Morgan fingerprint density at radius 1 is 1.58 bits per heavy atom. The highest BCUT2D eigenvalue weighted by molar-refractivity contribution is 5.80. The minimum Gasteiger partial charge on any atom is -0.368 e. The summed E-state index contributed by atoms with van der Waals surface area (Å²) in [7, 11) is 0. The van der Waals surface area contributed by atoms with Crippen molar-refractivity contribution in [3.63, 3.8) is 0 Å². The van der Waals surface area contributed by atoms with Gasteiger partial charge in [-0.05, 0) is 12.1 Å². The van der Waals surface area contributed by atoms with Gasteiger partial charge < -0.3 is 9.72 Å². The van der Waals surface area contributed by atoms with Crippen molar-refractivity contribution in [2.24, 2.45) is 0 Å². The van der Waals surface area contributed by atoms with Gasteiger partial charge in [0.25, 0.3) is 0 Å². The molecule has 0 amide bonds. The van der Waals surface area contributed by atoms with Crippen molar-refractivity contribution in [1.29, 1.82) is 0 Å². The van der Waals surface area contributed by atoms with E-state index in [1.165, 1.54) is 10.9 Å². The van der Waals surface area contributed by atoms with Crippen LogP contribution in [0.4, 0.5) is 0 Å². The van der Waals surface area contributed by atoms with Crippen molar-refractivity contribution in [3.8, 4) is 0 Å². The van der Waals surface area contributed by atoms with Crippen LogP contribution in [0.2, 0.25) is 0 Å². The van der Waals surface area contributed by atoms with E-state index in [-0.39, 0.29) is 0 Å². The lowest BCUT2D eigenvalue weighted by Gasteiger charge is -1.89. The van der Waals surface area contributed by atoms with E-state index in [0.717, 1.165) is 12.3 Å². The molecule has 0 aliphatic carbocycles. The summed E-state index contributed by atoms with van der Waals surface area (Å²) in [6.45, 7) is 0.849. The molecule has 2 aromatic rings. The highest BCUT2D eigenvalue weighted by atomic mass is 16.6. The first kappa shape index (κ1) is 6.20. The van der Waals surface area contributed by atoms with E-state index >= 15 is 0 Å². The maximum Gasteiger partial charge on any atom is 0.137 e. The molecule has 0 spiro atoms. The Labute approximate surface area is 69.4 Å². The number of ether oxygens (including phenoxy) is 1. The van der Waals surface area contributed by atoms with Crippen LogP contribution >= 0.6 is 0 Å². The van der Waals surface area contributed by atoms with Crippen LogP contribution in [0.15, 0.2) is 24.5 Å². The lowest BCUT2D eigenvalue weighted by molar-refractivity contribution is 0.417. The molecule has 1 atom stereocenters. The number of nitrogens with zero attached hydrogens (tertiary/aromatic N) is 1. The monoisotopic (exact) mass is 160 g/mol. The summed E-state index contributed by atoms with van der Waals surface area (Å²) in [6.07, 6.45) is 4.08. The summed E-state index contributed by atoms with van der Waals surface area (Å²) in [6, 6.07) is 4.01. The number of aromatic nitrogens is 2. The number of aromatic amines is 1. The van der Waals surface area contributed by atoms with Crippen LogP contribution < -0.4 is 0 Å². The molecule has 1 aliphatic heterocycles. The van der Waals surface area contributed by atoms with Gasteiger partial charge in [-0.3, -0.25) is 0 Å². The number of hydrogen-bond acceptors (Lipinski definition) is 2. The Hall–Kier alpha value is -1.35. The molecule has 0 aromatic carbocycles. The second kappa shape index (κ2) is 2.08. The first-order valence-corrected chi connectivity index (χ1v) is 3.99. The number of nitrogens with one attached hydrogen (secondary N) is 1. The lowest BCUT2D eigenvalue weighted by Crippen LogP contribution is -1.76. The van der Waals surface area contributed by atoms with Gasteiger partial charge in [-0.1, -0.05) is 0 Å². The molecule has 0 radical (unpaired) electrons. The normalized spacial score (nSPS) is 21.5. The second-order valence-corrected chi connectivity index (χ2v) is 2.97. The predicted molar refractivity (Wildman–Crippen MR) is 44.8 cm³/mol. The van der Waals surface area contributed by atoms with Crippen LogP contribution in [0.5, 0.6) is 0 Å². The number of H-pyrrole nitrogens is 1. The van der Waals surface area contributed by atoms with Crippen LogP contribution in [0.3, 0.4) is 0 Å². The van der Waals surface area contributed by atoms with Crippen LogP contribution in [-0.2, 0) is 4.74 Å². The molecule has 1 N–H and O–H groups in total. The number of hydrogen-bond donors (Lipinski definition) is 1. The fourth-order valence-electron chi connectivity index (χ4n) is 1.47. The van der Waals surface area contributed by atoms with Crippen molar-refractivity contribution < 1.29 is 4.74 Å². The molecule has 0 bridgehead atoms. The van der Waals surface area contributed by atoms with Gasteiger partial charge in [0.05, 0.1) is 6.61 Å². The minimum absolute atomic E-state index is 0.308. The summed E-state index contributed by atoms with van der Waals surface area (Å²) in [5.41, 5.74) is 2.18. The average molecular weight is 160 g/mol. The molecule has 3 heterocycles. The third-order valence-electron chi connectivity index (χ3n) is 2.16. The van der Waals surface area contributed by atoms with Crippen LogP contribution in [-0.4, -0.2) is 16.6 Å². The van der Waals surface area contributed by atoms with Gasteiger partial charge in [-0.15, -0.1) is 0 Å². The molecule has 1 fully saturated rings. The summed E-state index contributed by atoms with van der Waals surface area (Å²) in [4.78, 5) is 7.32. The van der Waals surface area contributed by atoms with Gasteiger partial charge in [0.2, 0.25) is 0 Å². The van der Waals surface area contributed by atoms with Crippen molar-refractivity contribution in [1.82, 2.24) is 9.97 Å². The van der Waals surface area contributed by atoms with E-state index in [2.05, 4.69) is 16.0 Å². The van der Waals surface area contributed by atoms with E-state index in [0.29, 0.717) is 6.10 Å². The van der Waals surface area contributed by atoms with Gasteiger partial charge in [0, 0.05) is 23.3 Å². The maximum absolute atomic E-state index is 5.21. The quantitative estimate of drug-likeness (QED) is 0.644. The topological polar surface area (TPSA) is 41.2 Å². The second-order valence-electron chi connectivity index (χ2n) is 2.97. The Bertz CT molecular complexity index is 417.